The van der Waals surface area contributed by atoms with Crippen molar-refractivity contribution < 1.29 is 22.7 Å². The predicted molar refractivity (Wildman–Crippen MR) is 121 cm³/mol. The second-order valence-corrected chi connectivity index (χ2v) is 9.42. The second kappa shape index (κ2) is 8.64. The molecular formula is C23H19ClN2O5S. The van der Waals surface area contributed by atoms with Gasteiger partial charge in [-0.25, -0.2) is 13.2 Å². The van der Waals surface area contributed by atoms with Crippen molar-refractivity contribution in [2.45, 2.75) is 24.3 Å². The van der Waals surface area contributed by atoms with Crippen molar-refractivity contribution in [3.8, 4) is 0 Å². The van der Waals surface area contributed by atoms with Gasteiger partial charge in [-0.2, -0.15) is 0 Å². The number of hydrogen-bond donors (Lipinski definition) is 2. The van der Waals surface area contributed by atoms with Gasteiger partial charge in [0.1, 0.15) is 0 Å². The molecule has 1 aliphatic rings. The van der Waals surface area contributed by atoms with Crippen LogP contribution in [-0.2, 0) is 26.0 Å². The zero-order valence-corrected chi connectivity index (χ0v) is 18.5. The van der Waals surface area contributed by atoms with E-state index < -0.39 is 28.0 Å². The molecule has 0 bridgehead atoms. The fourth-order valence-corrected chi connectivity index (χ4v) is 4.85. The van der Waals surface area contributed by atoms with Crippen LogP contribution in [0.1, 0.15) is 21.5 Å². The van der Waals surface area contributed by atoms with E-state index >= 15 is 0 Å². The van der Waals surface area contributed by atoms with Crippen LogP contribution < -0.4 is 10.0 Å². The zero-order chi connectivity index (χ0) is 22.9. The van der Waals surface area contributed by atoms with E-state index in [0.717, 1.165) is 5.56 Å². The Morgan fingerprint density at radius 1 is 1.03 bits per heavy atom. The molecule has 3 aromatic carbocycles. The number of carbonyl (C=O) groups is 2. The average Bonchev–Trinajstić information content (AvgIpc) is 2.76. The summed E-state index contributed by atoms with van der Waals surface area (Å²) in [6, 6.07) is 17.7. The number of carbonyl (C=O) groups excluding carboxylic acids is 2. The summed E-state index contributed by atoms with van der Waals surface area (Å²) in [4.78, 5) is 24.9. The van der Waals surface area contributed by atoms with E-state index in [4.69, 9.17) is 16.3 Å². The molecule has 1 atom stereocenters. The van der Waals surface area contributed by atoms with Gasteiger partial charge in [0, 0.05) is 22.8 Å². The van der Waals surface area contributed by atoms with Crippen molar-refractivity contribution >= 4 is 44.9 Å². The number of ether oxygens (including phenoxy) is 1. The highest BCUT2D eigenvalue weighted by atomic mass is 35.5. The number of cyclic esters (lactones) is 1. The lowest BCUT2D eigenvalue weighted by atomic mass is 9.98. The maximum absolute atomic E-state index is 12.9. The molecule has 0 spiro atoms. The third-order valence-corrected chi connectivity index (χ3v) is 6.80. The first-order chi connectivity index (χ1) is 15.2. The molecule has 1 aliphatic heterocycles. The van der Waals surface area contributed by atoms with E-state index in [0.29, 0.717) is 21.8 Å². The van der Waals surface area contributed by atoms with Crippen molar-refractivity contribution in [1.29, 1.82) is 0 Å². The van der Waals surface area contributed by atoms with Gasteiger partial charge in [-0.3, -0.25) is 9.52 Å². The van der Waals surface area contributed by atoms with Crippen molar-refractivity contribution in [3.05, 3.63) is 88.4 Å². The maximum Gasteiger partial charge on any atom is 0.339 e. The minimum absolute atomic E-state index is 0.0104. The first-order valence-electron chi connectivity index (χ1n) is 9.72. The highest BCUT2D eigenvalue weighted by molar-refractivity contribution is 7.92. The van der Waals surface area contributed by atoms with E-state index in [1.54, 1.807) is 67.6 Å². The number of benzene rings is 3. The Hall–Kier alpha value is -3.36. The Bertz CT molecular complexity index is 1310. The molecule has 9 heteroatoms. The molecule has 7 nitrogen and oxygen atoms in total. The Kier molecular flexibility index (Phi) is 5.90. The molecule has 0 aromatic heterocycles. The van der Waals surface area contributed by atoms with Gasteiger partial charge in [-0.1, -0.05) is 35.9 Å². The average molecular weight is 471 g/mol. The van der Waals surface area contributed by atoms with Gasteiger partial charge < -0.3 is 10.1 Å². The molecule has 0 saturated carbocycles. The van der Waals surface area contributed by atoms with Gasteiger partial charge in [-0.05, 0) is 60.5 Å². The molecule has 1 amide bonds. The van der Waals surface area contributed by atoms with Crippen LogP contribution in [0, 0.1) is 6.92 Å². The smallest absolute Gasteiger partial charge is 0.339 e. The van der Waals surface area contributed by atoms with E-state index in [1.165, 1.54) is 6.07 Å². The second-order valence-electron chi connectivity index (χ2n) is 7.34. The summed E-state index contributed by atoms with van der Waals surface area (Å²) >= 11 is 5.85. The van der Waals surface area contributed by atoms with Gasteiger partial charge in [-0.15, -0.1) is 0 Å². The number of nitrogens with one attached hydrogen (secondary N) is 2. The SMILES string of the molecule is Cc1ccc(NC(=O)C2Cc3ccccc3C(=O)O2)cc1S(=O)(=O)Nc1ccc(Cl)cc1. The topological polar surface area (TPSA) is 102 Å². The first-order valence-corrected chi connectivity index (χ1v) is 11.6. The van der Waals surface area contributed by atoms with E-state index in [1.807, 2.05) is 0 Å². The molecule has 4 rings (SSSR count). The molecule has 164 valence electrons. The van der Waals surface area contributed by atoms with Crippen molar-refractivity contribution in [3.63, 3.8) is 0 Å². The summed E-state index contributed by atoms with van der Waals surface area (Å²) in [5.74, 6) is -1.10. The van der Waals surface area contributed by atoms with Crippen LogP contribution in [-0.4, -0.2) is 26.4 Å². The number of anilines is 2. The van der Waals surface area contributed by atoms with Gasteiger partial charge in [0.2, 0.25) is 0 Å². The number of amides is 1. The minimum Gasteiger partial charge on any atom is -0.448 e. The number of hydrogen-bond acceptors (Lipinski definition) is 5. The monoisotopic (exact) mass is 470 g/mol. The van der Waals surface area contributed by atoms with Crippen LogP contribution in [0.15, 0.2) is 71.6 Å². The lowest BCUT2D eigenvalue weighted by Gasteiger charge is -2.24. The van der Waals surface area contributed by atoms with Crippen LogP contribution in [0.4, 0.5) is 11.4 Å². The third-order valence-electron chi connectivity index (χ3n) is 5.03. The summed E-state index contributed by atoms with van der Waals surface area (Å²) in [6.45, 7) is 1.65. The summed E-state index contributed by atoms with van der Waals surface area (Å²) in [6.07, 6.45) is -0.769. The molecule has 1 unspecified atom stereocenters. The van der Waals surface area contributed by atoms with Crippen LogP contribution in [0.2, 0.25) is 5.02 Å². The summed E-state index contributed by atoms with van der Waals surface area (Å²) in [5.41, 5.74) is 2.29. The maximum atomic E-state index is 12.9. The van der Waals surface area contributed by atoms with Gasteiger partial charge in [0.15, 0.2) is 6.10 Å². The van der Waals surface area contributed by atoms with Crippen LogP contribution in [0.25, 0.3) is 0 Å². The number of rotatable bonds is 5. The molecule has 0 fully saturated rings. The van der Waals surface area contributed by atoms with E-state index in [2.05, 4.69) is 10.0 Å². The van der Waals surface area contributed by atoms with Gasteiger partial charge in [0.25, 0.3) is 15.9 Å². The number of halogens is 1. The van der Waals surface area contributed by atoms with Crippen molar-refractivity contribution in [1.82, 2.24) is 0 Å². The van der Waals surface area contributed by atoms with Gasteiger partial charge >= 0.3 is 5.97 Å². The molecule has 0 radical (unpaired) electrons. The van der Waals surface area contributed by atoms with Crippen molar-refractivity contribution in [2.24, 2.45) is 0 Å². The largest absolute Gasteiger partial charge is 0.448 e. The third kappa shape index (κ3) is 4.61. The standard InChI is InChI=1S/C23H19ClN2O5S/c1-14-6-9-18(13-21(14)32(29,30)26-17-10-7-16(24)8-11-17)25-22(27)20-12-15-4-2-3-5-19(15)23(28)31-20/h2-11,13,20,26H,12H2,1H3,(H,25,27). The number of fused-ring (bicyclic) bond motifs is 1. The summed E-state index contributed by atoms with van der Waals surface area (Å²) < 4.78 is 33.6. The quantitative estimate of drug-likeness (QED) is 0.545. The predicted octanol–water partition coefficient (Wildman–Crippen LogP) is 4.17. The Morgan fingerprint density at radius 2 is 1.72 bits per heavy atom. The molecule has 1 heterocycles. The highest BCUT2D eigenvalue weighted by Crippen LogP contribution is 2.25. The summed E-state index contributed by atoms with van der Waals surface area (Å²) in [7, 11) is -3.92. The lowest BCUT2D eigenvalue weighted by Crippen LogP contribution is -2.38. The van der Waals surface area contributed by atoms with E-state index in [9.17, 15) is 18.0 Å². The molecule has 0 aliphatic carbocycles. The Balaban J connectivity index is 1.53. The number of sulfonamides is 1. The number of aryl methyl sites for hydroxylation is 1. The summed E-state index contributed by atoms with van der Waals surface area (Å²) in [5, 5.41) is 3.13. The Morgan fingerprint density at radius 3 is 2.47 bits per heavy atom. The van der Waals surface area contributed by atoms with Crippen molar-refractivity contribution in [2.75, 3.05) is 10.0 Å². The molecule has 0 saturated heterocycles. The Labute approximate surface area is 190 Å². The molecule has 3 aromatic rings. The lowest BCUT2D eigenvalue weighted by molar-refractivity contribution is -0.125. The molecule has 2 N–H and O–H groups in total. The fraction of sp³-hybridized carbons (Fsp3) is 0.130. The fourth-order valence-electron chi connectivity index (χ4n) is 3.40. The zero-order valence-electron chi connectivity index (χ0n) is 17.0. The minimum atomic E-state index is -3.92. The molecule has 32 heavy (non-hydrogen) atoms. The van der Waals surface area contributed by atoms with E-state index in [-0.39, 0.29) is 17.0 Å². The van der Waals surface area contributed by atoms with Crippen LogP contribution >= 0.6 is 11.6 Å². The van der Waals surface area contributed by atoms with Gasteiger partial charge in [0.05, 0.1) is 10.5 Å². The van der Waals surface area contributed by atoms with Crippen LogP contribution in [0.3, 0.4) is 0 Å². The normalized spacial score (nSPS) is 15.4. The highest BCUT2D eigenvalue weighted by Gasteiger charge is 2.31. The molecular weight excluding hydrogens is 452 g/mol. The first kappa shape index (κ1) is 21.9. The van der Waals surface area contributed by atoms with Crippen LogP contribution in [0.5, 0.6) is 0 Å². The number of esters is 1.